The number of hydrogen-bond acceptors (Lipinski definition) is 4. The summed E-state index contributed by atoms with van der Waals surface area (Å²) in [4.78, 5) is 12.6. The van der Waals surface area contributed by atoms with Crippen molar-refractivity contribution in [1.29, 1.82) is 0 Å². The third-order valence-corrected chi connectivity index (χ3v) is 4.15. The van der Waals surface area contributed by atoms with Gasteiger partial charge in [-0.25, -0.2) is 4.39 Å². The van der Waals surface area contributed by atoms with Gasteiger partial charge < -0.3 is 9.84 Å². The number of rotatable bonds is 3. The van der Waals surface area contributed by atoms with Gasteiger partial charge in [0, 0.05) is 5.56 Å². The molecule has 0 aromatic heterocycles. The van der Waals surface area contributed by atoms with Crippen molar-refractivity contribution in [3.63, 3.8) is 0 Å². The average molecular weight is 382 g/mol. The van der Waals surface area contributed by atoms with E-state index >= 15 is 0 Å². The molecule has 1 atom stereocenters. The molecule has 142 valence electrons. The minimum Gasteiger partial charge on any atom is -0.497 e. The zero-order chi connectivity index (χ0) is 19.8. The topological polar surface area (TPSA) is 62.1 Å². The second-order valence-corrected chi connectivity index (χ2v) is 5.89. The Hall–Kier alpha value is -2.94. The van der Waals surface area contributed by atoms with Gasteiger partial charge in [-0.05, 0) is 42.0 Å². The smallest absolute Gasteiger partial charge is 0.438 e. The first-order valence-electron chi connectivity index (χ1n) is 7.77. The molecule has 1 N–H and O–H groups in total. The summed E-state index contributed by atoms with van der Waals surface area (Å²) in [6.07, 6.45) is -6.12. The molecule has 2 aromatic carbocycles. The molecule has 1 aliphatic rings. The number of hydrogen-bond donors (Lipinski definition) is 1. The molecule has 5 nitrogen and oxygen atoms in total. The number of benzene rings is 2. The number of amides is 1. The minimum atomic E-state index is -5.15. The van der Waals surface area contributed by atoms with Crippen LogP contribution < -0.4 is 4.74 Å². The summed E-state index contributed by atoms with van der Waals surface area (Å²) in [6.45, 7) is 0. The Kier molecular flexibility index (Phi) is 4.64. The van der Waals surface area contributed by atoms with Crippen molar-refractivity contribution in [2.45, 2.75) is 18.3 Å². The molecule has 0 saturated carbocycles. The molecule has 0 aliphatic carbocycles. The SMILES string of the molecule is COc1ccc(C(=O)N2N=C(c3ccc(F)cc3)C[C@]2(O)C(F)(F)F)cc1. The molecule has 9 heteroatoms. The highest BCUT2D eigenvalue weighted by Gasteiger charge is 2.63. The fourth-order valence-corrected chi connectivity index (χ4v) is 2.64. The molecule has 0 fully saturated rings. The standard InChI is InChI=1S/C18H14F4N2O3/c1-27-14-8-4-12(5-9-14)16(25)24-17(26,18(20,21)22)10-15(23-24)11-2-6-13(19)7-3-11/h2-9,26H,10H2,1H3/t17-/m0/s1. The Morgan fingerprint density at radius 2 is 1.74 bits per heavy atom. The van der Waals surface area contributed by atoms with Gasteiger partial charge in [0.2, 0.25) is 0 Å². The number of aliphatic hydroxyl groups is 1. The Balaban J connectivity index is 2.01. The van der Waals surface area contributed by atoms with Crippen LogP contribution in [0.25, 0.3) is 0 Å². The number of methoxy groups -OCH3 is 1. The largest absolute Gasteiger partial charge is 0.497 e. The summed E-state index contributed by atoms with van der Waals surface area (Å²) in [5, 5.41) is 14.0. The zero-order valence-electron chi connectivity index (χ0n) is 14.0. The first-order chi connectivity index (χ1) is 12.7. The van der Waals surface area contributed by atoms with Crippen LogP contribution in [-0.2, 0) is 0 Å². The van der Waals surface area contributed by atoms with Gasteiger partial charge >= 0.3 is 6.18 Å². The van der Waals surface area contributed by atoms with Crippen LogP contribution in [0.2, 0.25) is 0 Å². The maximum atomic E-state index is 13.5. The summed E-state index contributed by atoms with van der Waals surface area (Å²) in [5.41, 5.74) is -3.63. The average Bonchev–Trinajstić information content (AvgIpc) is 3.00. The van der Waals surface area contributed by atoms with E-state index in [1.807, 2.05) is 0 Å². The molecule has 0 radical (unpaired) electrons. The first kappa shape index (κ1) is 18.8. The van der Waals surface area contributed by atoms with Gasteiger partial charge in [0.05, 0.1) is 19.2 Å². The van der Waals surface area contributed by atoms with E-state index in [1.165, 1.54) is 43.5 Å². The second-order valence-electron chi connectivity index (χ2n) is 5.89. The molecule has 0 unspecified atom stereocenters. The molecule has 1 aliphatic heterocycles. The van der Waals surface area contributed by atoms with Crippen molar-refractivity contribution in [3.8, 4) is 5.75 Å². The summed E-state index contributed by atoms with van der Waals surface area (Å²) >= 11 is 0. The number of alkyl halides is 3. The first-order valence-corrected chi connectivity index (χ1v) is 7.77. The van der Waals surface area contributed by atoms with E-state index in [1.54, 1.807) is 0 Å². The number of carbonyl (C=O) groups is 1. The quantitative estimate of drug-likeness (QED) is 0.829. The Morgan fingerprint density at radius 1 is 1.15 bits per heavy atom. The molecule has 3 rings (SSSR count). The van der Waals surface area contributed by atoms with E-state index in [9.17, 15) is 27.5 Å². The van der Waals surface area contributed by atoms with E-state index in [-0.39, 0.29) is 21.8 Å². The number of halogens is 4. The van der Waals surface area contributed by atoms with Crippen molar-refractivity contribution in [1.82, 2.24) is 5.01 Å². The van der Waals surface area contributed by atoms with Crippen molar-refractivity contribution < 1.29 is 32.2 Å². The van der Waals surface area contributed by atoms with Crippen LogP contribution in [0.5, 0.6) is 5.75 Å². The summed E-state index contributed by atoms with van der Waals surface area (Å²) in [7, 11) is 1.40. The fourth-order valence-electron chi connectivity index (χ4n) is 2.64. The van der Waals surface area contributed by atoms with Gasteiger partial charge in [-0.2, -0.15) is 23.3 Å². The second kappa shape index (κ2) is 6.66. The molecule has 1 amide bonds. The zero-order valence-corrected chi connectivity index (χ0v) is 14.0. The van der Waals surface area contributed by atoms with Crippen molar-refractivity contribution in [2.75, 3.05) is 7.11 Å². The number of ether oxygens (including phenoxy) is 1. The van der Waals surface area contributed by atoms with Gasteiger partial charge in [0.1, 0.15) is 11.6 Å². The highest BCUT2D eigenvalue weighted by atomic mass is 19.4. The van der Waals surface area contributed by atoms with Crippen LogP contribution in [0.1, 0.15) is 22.3 Å². The predicted octanol–water partition coefficient (Wildman–Crippen LogP) is 3.34. The molecule has 0 spiro atoms. The van der Waals surface area contributed by atoms with Gasteiger partial charge in [-0.3, -0.25) is 4.79 Å². The monoisotopic (exact) mass is 382 g/mol. The Labute approximate surface area is 151 Å². The number of carbonyl (C=O) groups excluding carboxylic acids is 1. The van der Waals surface area contributed by atoms with E-state index < -0.39 is 30.0 Å². The highest BCUT2D eigenvalue weighted by Crippen LogP contribution is 2.42. The molecule has 2 aromatic rings. The maximum absolute atomic E-state index is 13.5. The van der Waals surface area contributed by atoms with E-state index in [0.717, 1.165) is 12.1 Å². The molecule has 1 heterocycles. The molecular weight excluding hydrogens is 368 g/mol. The van der Waals surface area contributed by atoms with Crippen LogP contribution in [0.3, 0.4) is 0 Å². The lowest BCUT2D eigenvalue weighted by Crippen LogP contribution is -2.56. The molecule has 27 heavy (non-hydrogen) atoms. The summed E-state index contributed by atoms with van der Waals surface area (Å²) < 4.78 is 58.6. The normalized spacial score (nSPS) is 19.8. The minimum absolute atomic E-state index is 0.0213. The van der Waals surface area contributed by atoms with Crippen LogP contribution in [0.15, 0.2) is 53.6 Å². The lowest BCUT2D eigenvalue weighted by atomic mass is 10.0. The van der Waals surface area contributed by atoms with Gasteiger partial charge in [0.15, 0.2) is 0 Å². The Morgan fingerprint density at radius 3 is 2.26 bits per heavy atom. The lowest BCUT2D eigenvalue weighted by Gasteiger charge is -2.32. The maximum Gasteiger partial charge on any atom is 0.438 e. The third kappa shape index (κ3) is 3.37. The predicted molar refractivity (Wildman–Crippen MR) is 87.7 cm³/mol. The fraction of sp³-hybridized carbons (Fsp3) is 0.222. The molecule has 0 saturated heterocycles. The van der Waals surface area contributed by atoms with Crippen molar-refractivity contribution in [3.05, 3.63) is 65.5 Å². The Bertz CT molecular complexity index is 879. The van der Waals surface area contributed by atoms with Gasteiger partial charge in [-0.1, -0.05) is 12.1 Å². The van der Waals surface area contributed by atoms with E-state index in [4.69, 9.17) is 4.74 Å². The van der Waals surface area contributed by atoms with Crippen LogP contribution in [0.4, 0.5) is 17.6 Å². The van der Waals surface area contributed by atoms with Gasteiger partial charge in [-0.15, -0.1) is 0 Å². The summed E-state index contributed by atoms with van der Waals surface area (Å²) in [6, 6.07) is 9.91. The van der Waals surface area contributed by atoms with Crippen LogP contribution >= 0.6 is 0 Å². The van der Waals surface area contributed by atoms with Crippen LogP contribution in [0, 0.1) is 5.82 Å². The number of nitrogens with zero attached hydrogens (tertiary/aromatic N) is 2. The molecular formula is C18H14F4N2O3. The summed E-state index contributed by atoms with van der Waals surface area (Å²) in [5.74, 6) is -1.29. The van der Waals surface area contributed by atoms with Crippen molar-refractivity contribution >= 4 is 11.6 Å². The van der Waals surface area contributed by atoms with Crippen molar-refractivity contribution in [2.24, 2.45) is 5.10 Å². The highest BCUT2D eigenvalue weighted by molar-refractivity contribution is 6.05. The third-order valence-electron chi connectivity index (χ3n) is 4.15. The molecule has 0 bridgehead atoms. The van der Waals surface area contributed by atoms with E-state index in [2.05, 4.69) is 5.10 Å². The van der Waals surface area contributed by atoms with Gasteiger partial charge in [0.25, 0.3) is 11.6 Å². The lowest BCUT2D eigenvalue weighted by molar-refractivity contribution is -0.297. The van der Waals surface area contributed by atoms with E-state index in [0.29, 0.717) is 5.75 Å². The van der Waals surface area contributed by atoms with Crippen LogP contribution in [-0.4, -0.2) is 40.7 Å². The number of hydrazone groups is 1.